The molecule has 1 aliphatic carbocycles. The second-order valence-corrected chi connectivity index (χ2v) is 12.9. The van der Waals surface area contributed by atoms with Crippen molar-refractivity contribution in [2.45, 2.75) is 147 Å². The Morgan fingerprint density at radius 1 is 0.976 bits per heavy atom. The highest BCUT2D eigenvalue weighted by atomic mass is 16.4. The number of carboxylic acid groups (broad SMARTS) is 1. The normalized spacial score (nSPS) is 24.8. The fraction of sp³-hybridized carbons (Fsp3) is 0.848. The standard InChI is InChI=1S/C33H60N2O6/c1-2-3-4-5-8-13-28(37)14-9-6-7-10-15-29(32(39)40)30(38)16-18-33(41)23-26(12-11-20-36)27(24-33)21-25-17-19-35-31(34)22-25/h17,22,26-30,35-38,41H,2-16,18-21,23-24,34H2,1H3,(H,39,40)/t26-,27-,28+,29+,30-,33-/m1/s1. The molecule has 0 aromatic rings. The highest BCUT2D eigenvalue weighted by Crippen LogP contribution is 2.47. The molecule has 2 rings (SSSR count). The first-order chi connectivity index (χ1) is 19.7. The van der Waals surface area contributed by atoms with Crippen LogP contribution in [0.25, 0.3) is 0 Å². The van der Waals surface area contributed by atoms with Gasteiger partial charge in [0.05, 0.1) is 29.5 Å². The summed E-state index contributed by atoms with van der Waals surface area (Å²) in [6.45, 7) is 3.02. The van der Waals surface area contributed by atoms with Gasteiger partial charge in [-0.3, -0.25) is 4.79 Å². The van der Waals surface area contributed by atoms with Crippen LogP contribution in [0.2, 0.25) is 0 Å². The van der Waals surface area contributed by atoms with Crippen molar-refractivity contribution in [3.63, 3.8) is 0 Å². The number of aliphatic hydroxyl groups is 4. The monoisotopic (exact) mass is 580 g/mol. The fourth-order valence-electron chi connectivity index (χ4n) is 6.91. The lowest BCUT2D eigenvalue weighted by Gasteiger charge is -2.26. The SMILES string of the molecule is CCCCCCC[C@H](O)CCCCCC[C@H](C(=O)O)[C@H](O)CC[C@@]1(O)C[C@@H](CCCO)[C@H](CC2=CCNC(N)=C2)C1. The molecular formula is C33H60N2O6. The summed E-state index contributed by atoms with van der Waals surface area (Å²) in [5.41, 5.74) is 6.16. The molecule has 0 amide bonds. The van der Waals surface area contributed by atoms with Gasteiger partial charge in [0.25, 0.3) is 0 Å². The molecule has 0 aromatic heterocycles. The average molecular weight is 581 g/mol. The lowest BCUT2D eigenvalue weighted by Crippen LogP contribution is -2.32. The number of dihydropyridines is 1. The Morgan fingerprint density at radius 2 is 1.61 bits per heavy atom. The molecule has 0 bridgehead atoms. The number of unbranched alkanes of at least 4 members (excludes halogenated alkanes) is 7. The third kappa shape index (κ3) is 13.9. The number of nitrogens with two attached hydrogens (primary N) is 1. The van der Waals surface area contributed by atoms with Gasteiger partial charge in [0, 0.05) is 13.2 Å². The van der Waals surface area contributed by atoms with Crippen LogP contribution in [0.5, 0.6) is 0 Å². The Balaban J connectivity index is 1.74. The first-order valence-electron chi connectivity index (χ1n) is 16.5. The third-order valence-electron chi connectivity index (χ3n) is 9.32. The van der Waals surface area contributed by atoms with E-state index in [-0.39, 0.29) is 31.0 Å². The van der Waals surface area contributed by atoms with E-state index in [0.29, 0.717) is 44.5 Å². The Labute approximate surface area is 248 Å². The second kappa shape index (κ2) is 19.6. The summed E-state index contributed by atoms with van der Waals surface area (Å²) >= 11 is 0. The summed E-state index contributed by atoms with van der Waals surface area (Å²) in [4.78, 5) is 12.0. The molecule has 0 spiro atoms. The summed E-state index contributed by atoms with van der Waals surface area (Å²) < 4.78 is 0. The topological polar surface area (TPSA) is 156 Å². The van der Waals surface area contributed by atoms with E-state index in [1.807, 2.05) is 6.08 Å². The predicted octanol–water partition coefficient (Wildman–Crippen LogP) is 5.14. The Morgan fingerprint density at radius 3 is 2.22 bits per heavy atom. The average Bonchev–Trinajstić information content (AvgIpc) is 3.24. The van der Waals surface area contributed by atoms with Crippen molar-refractivity contribution < 1.29 is 30.3 Å². The smallest absolute Gasteiger partial charge is 0.309 e. The van der Waals surface area contributed by atoms with E-state index in [1.54, 1.807) is 0 Å². The molecule has 0 aromatic carbocycles. The molecule has 8 nitrogen and oxygen atoms in total. The third-order valence-corrected chi connectivity index (χ3v) is 9.32. The first kappa shape index (κ1) is 35.6. The van der Waals surface area contributed by atoms with Crippen molar-refractivity contribution in [3.8, 4) is 0 Å². The van der Waals surface area contributed by atoms with Crippen LogP contribution in [0.3, 0.4) is 0 Å². The molecule has 8 heteroatoms. The summed E-state index contributed by atoms with van der Waals surface area (Å²) in [5, 5.41) is 54.7. The lowest BCUT2D eigenvalue weighted by molar-refractivity contribution is -0.146. The van der Waals surface area contributed by atoms with E-state index < -0.39 is 23.6 Å². The van der Waals surface area contributed by atoms with Gasteiger partial charge in [-0.25, -0.2) is 0 Å². The zero-order valence-electron chi connectivity index (χ0n) is 25.6. The minimum absolute atomic E-state index is 0.125. The molecule has 8 N–H and O–H groups in total. The van der Waals surface area contributed by atoms with Gasteiger partial charge in [0.15, 0.2) is 0 Å². The first-order valence-corrected chi connectivity index (χ1v) is 16.5. The predicted molar refractivity (Wildman–Crippen MR) is 164 cm³/mol. The molecule has 0 radical (unpaired) electrons. The number of hydrogen-bond acceptors (Lipinski definition) is 7. The molecule has 238 valence electrons. The molecule has 1 aliphatic heterocycles. The lowest BCUT2D eigenvalue weighted by atomic mass is 9.86. The van der Waals surface area contributed by atoms with Crippen LogP contribution < -0.4 is 11.1 Å². The van der Waals surface area contributed by atoms with Gasteiger partial charge in [-0.05, 0) is 87.7 Å². The van der Waals surface area contributed by atoms with Crippen molar-refractivity contribution in [2.75, 3.05) is 13.2 Å². The van der Waals surface area contributed by atoms with Gasteiger partial charge in [-0.1, -0.05) is 70.8 Å². The zero-order valence-corrected chi connectivity index (χ0v) is 25.6. The van der Waals surface area contributed by atoms with E-state index >= 15 is 0 Å². The molecular weight excluding hydrogens is 520 g/mol. The van der Waals surface area contributed by atoms with Crippen molar-refractivity contribution in [2.24, 2.45) is 23.5 Å². The molecule has 2 aliphatic rings. The van der Waals surface area contributed by atoms with Crippen molar-refractivity contribution in [1.82, 2.24) is 5.32 Å². The summed E-state index contributed by atoms with van der Waals surface area (Å²) in [6, 6.07) is 0. The fourth-order valence-corrected chi connectivity index (χ4v) is 6.91. The number of carboxylic acids is 1. The maximum absolute atomic E-state index is 12.0. The van der Waals surface area contributed by atoms with Crippen molar-refractivity contribution in [3.05, 3.63) is 23.5 Å². The Hall–Kier alpha value is -1.61. The highest BCUT2D eigenvalue weighted by molar-refractivity contribution is 5.70. The number of aliphatic hydroxyl groups excluding tert-OH is 3. The van der Waals surface area contributed by atoms with Crippen LogP contribution in [0.4, 0.5) is 0 Å². The number of rotatable bonds is 23. The number of hydrogen-bond donors (Lipinski definition) is 7. The second-order valence-electron chi connectivity index (χ2n) is 12.9. The maximum atomic E-state index is 12.0. The van der Waals surface area contributed by atoms with Crippen LogP contribution in [0.1, 0.15) is 129 Å². The zero-order chi connectivity index (χ0) is 30.1. The van der Waals surface area contributed by atoms with Crippen LogP contribution in [-0.2, 0) is 4.79 Å². The van der Waals surface area contributed by atoms with E-state index in [4.69, 9.17) is 5.73 Å². The minimum atomic E-state index is -0.990. The van der Waals surface area contributed by atoms with Crippen LogP contribution >= 0.6 is 0 Å². The molecule has 0 unspecified atom stereocenters. The number of allylic oxidation sites excluding steroid dienone is 2. The van der Waals surface area contributed by atoms with Crippen molar-refractivity contribution >= 4 is 5.97 Å². The summed E-state index contributed by atoms with van der Waals surface area (Å²) in [5.74, 6) is -0.634. The van der Waals surface area contributed by atoms with E-state index in [2.05, 4.69) is 18.3 Å². The molecule has 1 saturated carbocycles. The molecule has 6 atom stereocenters. The highest BCUT2D eigenvalue weighted by Gasteiger charge is 2.44. The summed E-state index contributed by atoms with van der Waals surface area (Å²) in [7, 11) is 0. The Kier molecular flexibility index (Phi) is 17.0. The summed E-state index contributed by atoms with van der Waals surface area (Å²) in [6.07, 6.45) is 18.7. The van der Waals surface area contributed by atoms with Crippen LogP contribution in [-0.4, -0.2) is 62.5 Å². The molecule has 0 saturated heterocycles. The number of aliphatic carboxylic acids is 1. The van der Waals surface area contributed by atoms with Crippen LogP contribution in [0, 0.1) is 17.8 Å². The van der Waals surface area contributed by atoms with Gasteiger partial charge in [0.1, 0.15) is 0 Å². The van der Waals surface area contributed by atoms with E-state index in [0.717, 1.165) is 63.4 Å². The largest absolute Gasteiger partial charge is 0.481 e. The van der Waals surface area contributed by atoms with Gasteiger partial charge < -0.3 is 36.6 Å². The van der Waals surface area contributed by atoms with E-state index in [9.17, 15) is 30.3 Å². The van der Waals surface area contributed by atoms with Gasteiger partial charge in [0.2, 0.25) is 0 Å². The minimum Gasteiger partial charge on any atom is -0.481 e. The molecule has 1 heterocycles. The number of nitrogens with one attached hydrogen (secondary N) is 1. The van der Waals surface area contributed by atoms with Gasteiger partial charge in [-0.15, -0.1) is 0 Å². The van der Waals surface area contributed by atoms with Gasteiger partial charge in [-0.2, -0.15) is 0 Å². The Bertz CT molecular complexity index is 803. The van der Waals surface area contributed by atoms with Crippen molar-refractivity contribution in [1.29, 1.82) is 0 Å². The molecule has 1 fully saturated rings. The molecule has 41 heavy (non-hydrogen) atoms. The van der Waals surface area contributed by atoms with Crippen LogP contribution in [0.15, 0.2) is 23.5 Å². The van der Waals surface area contributed by atoms with Gasteiger partial charge >= 0.3 is 5.97 Å². The maximum Gasteiger partial charge on any atom is 0.309 e. The van der Waals surface area contributed by atoms with E-state index in [1.165, 1.54) is 25.7 Å². The number of carbonyl (C=O) groups is 1. The quantitative estimate of drug-likeness (QED) is 0.0819.